The topological polar surface area (TPSA) is 103 Å². The second kappa shape index (κ2) is 10.4. The van der Waals surface area contributed by atoms with Crippen LogP contribution in [0.25, 0.3) is 17.5 Å². The molecule has 3 N–H and O–H groups in total. The minimum atomic E-state index is -4.53. The van der Waals surface area contributed by atoms with E-state index in [1.165, 1.54) is 41.5 Å². The molecule has 8 nitrogen and oxygen atoms in total. The Kier molecular flexibility index (Phi) is 7.79. The van der Waals surface area contributed by atoms with E-state index in [0.29, 0.717) is 11.4 Å². The van der Waals surface area contributed by atoms with Crippen LogP contribution in [0.5, 0.6) is 0 Å². The number of allylic oxidation sites excluding steroid dienone is 1. The van der Waals surface area contributed by atoms with Gasteiger partial charge in [-0.05, 0) is 18.4 Å². The number of anilines is 1. The first-order valence-electron chi connectivity index (χ1n) is 9.32. The van der Waals surface area contributed by atoms with Crippen molar-refractivity contribution < 1.29 is 26.7 Å². The maximum Gasteiger partial charge on any atom is 0.416 e. The van der Waals surface area contributed by atoms with E-state index < -0.39 is 37.1 Å². The van der Waals surface area contributed by atoms with E-state index in [9.17, 15) is 22.0 Å². The van der Waals surface area contributed by atoms with Crippen molar-refractivity contribution >= 4 is 29.6 Å². The summed E-state index contributed by atoms with van der Waals surface area (Å²) in [7, 11) is 0. The molecule has 1 fully saturated rings. The summed E-state index contributed by atoms with van der Waals surface area (Å²) in [5.74, 6) is 0.505. The lowest BCUT2D eigenvalue weighted by Crippen LogP contribution is -2.55. The predicted molar refractivity (Wildman–Crippen MR) is 111 cm³/mol. The Morgan fingerprint density at radius 3 is 2.84 bits per heavy atom. The van der Waals surface area contributed by atoms with E-state index >= 15 is 0 Å². The van der Waals surface area contributed by atoms with E-state index in [1.807, 2.05) is 0 Å². The van der Waals surface area contributed by atoms with Gasteiger partial charge in [-0.2, -0.15) is 13.2 Å². The lowest BCUT2D eigenvalue weighted by Gasteiger charge is -2.39. The Labute approximate surface area is 184 Å². The molecule has 0 bridgehead atoms. The molecule has 174 valence electrons. The van der Waals surface area contributed by atoms with Crippen LogP contribution in [0.3, 0.4) is 0 Å². The monoisotopic (exact) mass is 477 g/mol. The largest absolute Gasteiger partial charge is 0.416 e. The van der Waals surface area contributed by atoms with Gasteiger partial charge in [0.25, 0.3) is 6.43 Å². The predicted octanol–water partition coefficient (Wildman–Crippen LogP) is 3.17. The highest BCUT2D eigenvalue weighted by atomic mass is 32.2. The minimum absolute atomic E-state index is 0.198. The molecule has 0 aromatic carbocycles. The molecular weight excluding hydrogens is 457 g/mol. The zero-order chi connectivity index (χ0) is 23.3. The van der Waals surface area contributed by atoms with Crippen LogP contribution in [0.4, 0.5) is 27.8 Å². The molecule has 0 aliphatic carbocycles. The molecule has 3 heterocycles. The molecular formula is C18H20F5N7OS. The molecule has 0 saturated carbocycles. The minimum Gasteiger partial charge on any atom is -0.360 e. The van der Waals surface area contributed by atoms with Gasteiger partial charge in [0.05, 0.1) is 35.9 Å². The molecule has 32 heavy (non-hydrogen) atoms. The number of hydrogen-bond acceptors (Lipinski definition) is 8. The fourth-order valence-corrected chi connectivity index (χ4v) is 3.31. The van der Waals surface area contributed by atoms with Gasteiger partial charge >= 0.3 is 6.18 Å². The normalized spacial score (nSPS) is 19.8. The molecule has 2 aromatic rings. The highest BCUT2D eigenvalue weighted by Crippen LogP contribution is 2.30. The summed E-state index contributed by atoms with van der Waals surface area (Å²) in [6, 6.07) is 1.51. The fraction of sp³-hybridized carbons (Fsp3) is 0.444. The van der Waals surface area contributed by atoms with Crippen molar-refractivity contribution in [3.63, 3.8) is 0 Å². The molecule has 0 radical (unpaired) electrons. The van der Waals surface area contributed by atoms with Gasteiger partial charge in [-0.1, -0.05) is 11.9 Å². The number of hydrogen-bond donors (Lipinski definition) is 3. The number of H-pyrrole nitrogens is 1. The second-order valence-corrected chi connectivity index (χ2v) is 7.48. The first-order chi connectivity index (χ1) is 15.2. The number of halogens is 5. The van der Waals surface area contributed by atoms with Gasteiger partial charge in [0.1, 0.15) is 18.0 Å². The number of nitrogens with zero attached hydrogens (tertiary/aromatic N) is 4. The van der Waals surface area contributed by atoms with Crippen LogP contribution in [-0.2, 0) is 4.74 Å². The summed E-state index contributed by atoms with van der Waals surface area (Å²) in [6.07, 6.45) is -3.54. The zero-order valence-corrected chi connectivity index (χ0v) is 17.6. The van der Waals surface area contributed by atoms with Crippen molar-refractivity contribution in [1.82, 2.24) is 24.7 Å². The Balaban J connectivity index is 1.79. The van der Waals surface area contributed by atoms with E-state index in [-0.39, 0.29) is 24.7 Å². The van der Waals surface area contributed by atoms with Gasteiger partial charge in [0.15, 0.2) is 6.10 Å². The Morgan fingerprint density at radius 1 is 1.38 bits per heavy atom. The lowest BCUT2D eigenvalue weighted by atomic mass is 10.2. The van der Waals surface area contributed by atoms with Crippen LogP contribution in [-0.4, -0.2) is 76.3 Å². The maximum absolute atomic E-state index is 13.4. The smallest absolute Gasteiger partial charge is 0.360 e. The van der Waals surface area contributed by atoms with Crippen LogP contribution in [0, 0.1) is 5.41 Å². The van der Waals surface area contributed by atoms with E-state index in [1.54, 1.807) is 6.26 Å². The second-order valence-electron chi connectivity index (χ2n) is 6.78. The van der Waals surface area contributed by atoms with Crippen LogP contribution in [0.2, 0.25) is 0 Å². The van der Waals surface area contributed by atoms with Crippen molar-refractivity contribution in [2.24, 2.45) is 0 Å². The molecule has 1 saturated heterocycles. The zero-order valence-electron chi connectivity index (χ0n) is 16.7. The first kappa shape index (κ1) is 24.1. The third-order valence-electron chi connectivity index (χ3n) is 4.49. The Morgan fingerprint density at radius 2 is 2.16 bits per heavy atom. The molecule has 14 heteroatoms. The van der Waals surface area contributed by atoms with E-state index in [4.69, 9.17) is 10.1 Å². The van der Waals surface area contributed by atoms with Crippen molar-refractivity contribution in [3.8, 4) is 11.4 Å². The summed E-state index contributed by atoms with van der Waals surface area (Å²) in [4.78, 5) is 16.6. The van der Waals surface area contributed by atoms with E-state index in [2.05, 4.69) is 24.7 Å². The number of ether oxygens (including phenoxy) is 1. The summed E-state index contributed by atoms with van der Waals surface area (Å²) >= 11 is 1.28. The maximum atomic E-state index is 13.4. The molecule has 3 rings (SSSR count). The Bertz CT molecular complexity index is 952. The highest BCUT2D eigenvalue weighted by molar-refractivity contribution is 7.96. The number of rotatable bonds is 8. The molecule has 1 aliphatic rings. The number of alkyl halides is 5. The van der Waals surface area contributed by atoms with E-state index in [0.717, 1.165) is 6.08 Å². The third-order valence-corrected chi connectivity index (χ3v) is 4.95. The molecule has 2 atom stereocenters. The summed E-state index contributed by atoms with van der Waals surface area (Å²) in [6.45, 7) is 0.0117. The Hall–Kier alpha value is -2.58. The van der Waals surface area contributed by atoms with Crippen molar-refractivity contribution in [3.05, 3.63) is 30.5 Å². The first-order valence-corrected chi connectivity index (χ1v) is 10.5. The average Bonchev–Trinajstić information content (AvgIpc) is 3.24. The number of aromatic nitrogens is 4. The van der Waals surface area contributed by atoms with Crippen LogP contribution in [0.1, 0.15) is 5.82 Å². The van der Waals surface area contributed by atoms with Crippen LogP contribution >= 0.6 is 11.9 Å². The van der Waals surface area contributed by atoms with Crippen LogP contribution in [0.15, 0.2) is 24.7 Å². The van der Waals surface area contributed by atoms with Gasteiger partial charge in [-0.3, -0.25) is 10.1 Å². The highest BCUT2D eigenvalue weighted by Gasteiger charge is 2.46. The van der Waals surface area contributed by atoms with Gasteiger partial charge in [-0.15, -0.1) is 0 Å². The fourth-order valence-electron chi connectivity index (χ4n) is 2.96. The standard InChI is InChI=1S/C18H20F5N7OS/c1-32-28-5-10-7-30(8-14(31-10)18(21,22)23)16-4-12(26-9-27-16)13-6-25-15(29-13)3-2-11(24)17(19)20/h2-4,6,9-10,14,17,24,28H,5,7-8H2,1H3,(H,25,29)/b3-2-,24-11?. The van der Waals surface area contributed by atoms with Crippen molar-refractivity contribution in [2.75, 3.05) is 30.8 Å². The third kappa shape index (κ3) is 6.23. The SMILES string of the molecule is CSNCC1CN(c2cc(-c3cnc(/C=C\C(=N)C(F)F)[nH]3)ncn2)CC(C(F)(F)F)O1. The quantitative estimate of drug-likeness (QED) is 0.305. The molecule has 0 amide bonds. The van der Waals surface area contributed by atoms with Crippen molar-refractivity contribution in [1.29, 1.82) is 5.41 Å². The van der Waals surface area contributed by atoms with Gasteiger partial charge in [0.2, 0.25) is 0 Å². The van der Waals surface area contributed by atoms with Gasteiger partial charge in [0, 0.05) is 19.2 Å². The number of aromatic amines is 1. The summed E-state index contributed by atoms with van der Waals surface area (Å²) < 4.78 is 73.0. The molecule has 0 spiro atoms. The molecule has 1 aliphatic heterocycles. The summed E-state index contributed by atoms with van der Waals surface area (Å²) in [5.41, 5.74) is -0.0811. The number of morpholine rings is 1. The van der Waals surface area contributed by atoms with Gasteiger partial charge < -0.3 is 14.6 Å². The molecule has 2 unspecified atom stereocenters. The number of nitrogens with one attached hydrogen (secondary N) is 3. The average molecular weight is 477 g/mol. The number of imidazole rings is 1. The summed E-state index contributed by atoms with van der Waals surface area (Å²) in [5, 5.41) is 7.12. The lowest BCUT2D eigenvalue weighted by molar-refractivity contribution is -0.234. The molecule has 2 aromatic heterocycles. The van der Waals surface area contributed by atoms with Gasteiger partial charge in [-0.25, -0.2) is 23.7 Å². The van der Waals surface area contributed by atoms with Crippen molar-refractivity contribution in [2.45, 2.75) is 24.8 Å². The van der Waals surface area contributed by atoms with Crippen LogP contribution < -0.4 is 9.62 Å².